The number of hydrogen-bond acceptors (Lipinski definition) is 3. The molecule has 1 saturated carbocycles. The Bertz CT molecular complexity index is 414. The molecule has 0 heterocycles. The maximum atomic E-state index is 11.8. The smallest absolute Gasteiger partial charge is 0.376 e. The Labute approximate surface area is 128 Å². The zero-order valence-corrected chi connectivity index (χ0v) is 12.3. The zero-order chi connectivity index (χ0) is 15.8. The van der Waals surface area contributed by atoms with Crippen molar-refractivity contribution < 1.29 is 27.4 Å². The molecular formula is C16H21F3O3. The van der Waals surface area contributed by atoms with Crippen LogP contribution in [0.2, 0.25) is 0 Å². The average molecular weight is 318 g/mol. The molecule has 3 nitrogen and oxygen atoms in total. The first-order valence-electron chi connectivity index (χ1n) is 7.51. The SMILES string of the molecule is FC(F)(F)OCCOC1CCC(OCc2ccccc2)CC1. The molecule has 0 radical (unpaired) electrons. The number of halogens is 3. The minimum atomic E-state index is -4.58. The third-order valence-corrected chi connectivity index (χ3v) is 3.65. The predicted molar refractivity (Wildman–Crippen MR) is 75.2 cm³/mol. The normalized spacial score (nSPS) is 22.7. The van der Waals surface area contributed by atoms with Crippen molar-refractivity contribution in [2.24, 2.45) is 0 Å². The van der Waals surface area contributed by atoms with Crippen molar-refractivity contribution in [1.82, 2.24) is 0 Å². The van der Waals surface area contributed by atoms with E-state index in [0.29, 0.717) is 6.61 Å². The molecule has 0 unspecified atom stereocenters. The maximum absolute atomic E-state index is 11.8. The van der Waals surface area contributed by atoms with Crippen LogP contribution in [0, 0.1) is 0 Å². The molecule has 0 aromatic heterocycles. The van der Waals surface area contributed by atoms with Crippen LogP contribution in [0.4, 0.5) is 13.2 Å². The van der Waals surface area contributed by atoms with E-state index in [1.807, 2.05) is 30.3 Å². The molecule has 1 aliphatic rings. The molecule has 22 heavy (non-hydrogen) atoms. The second-order valence-corrected chi connectivity index (χ2v) is 5.36. The number of benzene rings is 1. The Balaban J connectivity index is 1.56. The van der Waals surface area contributed by atoms with Gasteiger partial charge in [0.2, 0.25) is 0 Å². The van der Waals surface area contributed by atoms with Crippen molar-refractivity contribution in [2.75, 3.05) is 13.2 Å². The maximum Gasteiger partial charge on any atom is 0.522 e. The van der Waals surface area contributed by atoms with Gasteiger partial charge in [0, 0.05) is 0 Å². The van der Waals surface area contributed by atoms with Crippen LogP contribution in [0.5, 0.6) is 0 Å². The lowest BCUT2D eigenvalue weighted by Crippen LogP contribution is -2.28. The van der Waals surface area contributed by atoms with Gasteiger partial charge in [0.05, 0.1) is 32.0 Å². The number of ether oxygens (including phenoxy) is 3. The summed E-state index contributed by atoms with van der Waals surface area (Å²) in [6, 6.07) is 9.97. The third-order valence-electron chi connectivity index (χ3n) is 3.65. The first-order chi connectivity index (χ1) is 10.5. The van der Waals surface area contributed by atoms with E-state index < -0.39 is 13.0 Å². The van der Waals surface area contributed by atoms with E-state index in [9.17, 15) is 13.2 Å². The zero-order valence-electron chi connectivity index (χ0n) is 12.3. The molecule has 1 fully saturated rings. The van der Waals surface area contributed by atoms with E-state index in [4.69, 9.17) is 9.47 Å². The first kappa shape index (κ1) is 17.2. The standard InChI is InChI=1S/C16H21F3O3/c17-16(18,19)22-11-10-20-14-6-8-15(9-7-14)21-12-13-4-2-1-3-5-13/h1-5,14-15H,6-12H2. The van der Waals surface area contributed by atoms with E-state index in [2.05, 4.69) is 4.74 Å². The van der Waals surface area contributed by atoms with Gasteiger partial charge in [-0.25, -0.2) is 0 Å². The van der Waals surface area contributed by atoms with Crippen molar-refractivity contribution in [1.29, 1.82) is 0 Å². The van der Waals surface area contributed by atoms with Gasteiger partial charge in [-0.15, -0.1) is 13.2 Å². The van der Waals surface area contributed by atoms with Crippen LogP contribution in [0.25, 0.3) is 0 Å². The highest BCUT2D eigenvalue weighted by molar-refractivity contribution is 5.13. The van der Waals surface area contributed by atoms with Gasteiger partial charge in [0.25, 0.3) is 0 Å². The Kier molecular flexibility index (Phi) is 6.67. The van der Waals surface area contributed by atoms with Crippen LogP contribution < -0.4 is 0 Å². The van der Waals surface area contributed by atoms with Crippen molar-refractivity contribution in [3.63, 3.8) is 0 Å². The second kappa shape index (κ2) is 8.50. The fraction of sp³-hybridized carbons (Fsp3) is 0.625. The van der Waals surface area contributed by atoms with Crippen molar-refractivity contribution in [3.8, 4) is 0 Å². The van der Waals surface area contributed by atoms with Gasteiger partial charge in [-0.3, -0.25) is 4.74 Å². The van der Waals surface area contributed by atoms with Crippen LogP contribution in [-0.4, -0.2) is 31.8 Å². The van der Waals surface area contributed by atoms with E-state index in [1.54, 1.807) is 0 Å². The van der Waals surface area contributed by atoms with Crippen LogP contribution in [0.1, 0.15) is 31.2 Å². The van der Waals surface area contributed by atoms with Gasteiger partial charge >= 0.3 is 6.36 Å². The number of hydrogen-bond donors (Lipinski definition) is 0. The summed E-state index contributed by atoms with van der Waals surface area (Å²) in [7, 11) is 0. The third kappa shape index (κ3) is 6.77. The van der Waals surface area contributed by atoms with Gasteiger partial charge in [-0.1, -0.05) is 30.3 Å². The lowest BCUT2D eigenvalue weighted by molar-refractivity contribution is -0.327. The van der Waals surface area contributed by atoms with Crippen LogP contribution >= 0.6 is 0 Å². The fourth-order valence-electron chi connectivity index (χ4n) is 2.53. The minimum absolute atomic E-state index is 0.00779. The molecular weight excluding hydrogens is 297 g/mol. The highest BCUT2D eigenvalue weighted by atomic mass is 19.4. The van der Waals surface area contributed by atoms with Gasteiger partial charge in [0.1, 0.15) is 0 Å². The lowest BCUT2D eigenvalue weighted by atomic mass is 9.95. The summed E-state index contributed by atoms with van der Waals surface area (Å²) in [4.78, 5) is 0. The van der Waals surface area contributed by atoms with E-state index in [1.165, 1.54) is 0 Å². The summed E-state index contributed by atoms with van der Waals surface area (Å²) < 4.78 is 50.4. The Morgan fingerprint density at radius 3 is 2.05 bits per heavy atom. The summed E-state index contributed by atoms with van der Waals surface area (Å²) >= 11 is 0. The Morgan fingerprint density at radius 1 is 0.864 bits per heavy atom. The summed E-state index contributed by atoms with van der Waals surface area (Å²) in [5.41, 5.74) is 1.14. The second-order valence-electron chi connectivity index (χ2n) is 5.36. The Morgan fingerprint density at radius 2 is 1.45 bits per heavy atom. The van der Waals surface area contributed by atoms with Gasteiger partial charge in [0.15, 0.2) is 0 Å². The van der Waals surface area contributed by atoms with Crippen molar-refractivity contribution in [3.05, 3.63) is 35.9 Å². The quantitative estimate of drug-likeness (QED) is 0.709. The lowest BCUT2D eigenvalue weighted by Gasteiger charge is -2.28. The predicted octanol–water partition coefficient (Wildman–Crippen LogP) is 4.07. The van der Waals surface area contributed by atoms with Crippen molar-refractivity contribution >= 4 is 0 Å². The first-order valence-corrected chi connectivity index (χ1v) is 7.51. The van der Waals surface area contributed by atoms with E-state index in [-0.39, 0.29) is 18.8 Å². The monoisotopic (exact) mass is 318 g/mol. The summed E-state index contributed by atoms with van der Waals surface area (Å²) in [5.74, 6) is 0. The van der Waals surface area contributed by atoms with E-state index in [0.717, 1.165) is 31.2 Å². The molecule has 0 N–H and O–H groups in total. The largest absolute Gasteiger partial charge is 0.522 e. The average Bonchev–Trinajstić information content (AvgIpc) is 2.51. The molecule has 0 spiro atoms. The van der Waals surface area contributed by atoms with Crippen LogP contribution in [-0.2, 0) is 20.8 Å². The molecule has 6 heteroatoms. The highest BCUT2D eigenvalue weighted by Gasteiger charge is 2.29. The summed E-state index contributed by atoms with van der Waals surface area (Å²) in [6.07, 6.45) is -1.00. The molecule has 0 bridgehead atoms. The molecule has 0 amide bonds. The molecule has 0 aliphatic heterocycles. The minimum Gasteiger partial charge on any atom is -0.376 e. The van der Waals surface area contributed by atoms with Gasteiger partial charge in [-0.05, 0) is 31.2 Å². The van der Waals surface area contributed by atoms with Crippen molar-refractivity contribution in [2.45, 2.75) is 50.9 Å². The molecule has 1 aromatic rings. The topological polar surface area (TPSA) is 27.7 Å². The van der Waals surface area contributed by atoms with Gasteiger partial charge < -0.3 is 9.47 Å². The summed E-state index contributed by atoms with van der Waals surface area (Å²) in [6.45, 7) is 0.115. The molecule has 0 atom stereocenters. The molecule has 1 aliphatic carbocycles. The van der Waals surface area contributed by atoms with E-state index >= 15 is 0 Å². The molecule has 1 aromatic carbocycles. The molecule has 2 rings (SSSR count). The number of rotatable bonds is 7. The van der Waals surface area contributed by atoms with Crippen LogP contribution in [0.15, 0.2) is 30.3 Å². The molecule has 0 saturated heterocycles. The molecule has 124 valence electrons. The Hall–Kier alpha value is -1.11. The van der Waals surface area contributed by atoms with Crippen LogP contribution in [0.3, 0.4) is 0 Å². The summed E-state index contributed by atoms with van der Waals surface area (Å²) in [5, 5.41) is 0. The van der Waals surface area contributed by atoms with Gasteiger partial charge in [-0.2, -0.15) is 0 Å². The highest BCUT2D eigenvalue weighted by Crippen LogP contribution is 2.24. The number of alkyl halides is 3. The fourth-order valence-corrected chi connectivity index (χ4v) is 2.53.